The van der Waals surface area contributed by atoms with Crippen molar-refractivity contribution in [1.29, 1.82) is 0 Å². The molecule has 0 spiro atoms. The van der Waals surface area contributed by atoms with Gasteiger partial charge in [-0.15, -0.1) is 0 Å². The third-order valence-electron chi connectivity index (χ3n) is 7.75. The Balaban J connectivity index is 1.49. The van der Waals surface area contributed by atoms with Gasteiger partial charge < -0.3 is 50.9 Å². The summed E-state index contributed by atoms with van der Waals surface area (Å²) in [6, 6.07) is 0. The first-order chi connectivity index (χ1) is 25.6. The number of thioether (sulfide) groups is 1. The number of nitrogens with two attached hydrogens (primary N) is 1. The van der Waals surface area contributed by atoms with E-state index in [1.54, 1.807) is 0 Å². The molecule has 1 saturated heterocycles. The summed E-state index contributed by atoms with van der Waals surface area (Å²) in [6.45, 7) is 2.59. The van der Waals surface area contributed by atoms with E-state index in [0.29, 0.717) is 12.2 Å². The smallest absolute Gasteiger partial charge is 0.386 e. The van der Waals surface area contributed by atoms with Crippen molar-refractivity contribution in [3.8, 4) is 0 Å². The maximum atomic E-state index is 12.7. The number of hydrogen-bond donors (Lipinski definition) is 9. The van der Waals surface area contributed by atoms with E-state index in [0.717, 1.165) is 48.2 Å². The zero-order valence-electron chi connectivity index (χ0n) is 29.9. The lowest BCUT2D eigenvalue weighted by atomic mass is 9.87. The number of aliphatic hydroxyl groups is 2. The van der Waals surface area contributed by atoms with Crippen molar-refractivity contribution < 1.29 is 80.5 Å². The highest BCUT2D eigenvalue weighted by atomic mass is 32.2. The fraction of sp³-hybridized carbons (Fsp3) is 0.704. The van der Waals surface area contributed by atoms with Crippen molar-refractivity contribution in [3.05, 3.63) is 12.7 Å². The van der Waals surface area contributed by atoms with Crippen LogP contribution in [0.15, 0.2) is 12.7 Å². The Morgan fingerprint density at radius 3 is 2.40 bits per heavy atom. The van der Waals surface area contributed by atoms with Crippen molar-refractivity contribution in [2.24, 2.45) is 5.41 Å². The van der Waals surface area contributed by atoms with Gasteiger partial charge in [0.1, 0.15) is 36.3 Å². The lowest BCUT2D eigenvalue weighted by molar-refractivity contribution is -0.137. The minimum atomic E-state index is -5.56. The lowest BCUT2D eigenvalue weighted by Gasteiger charge is -2.30. The first-order valence-corrected chi connectivity index (χ1v) is 22.1. The highest BCUT2D eigenvalue weighted by Crippen LogP contribution is 2.61. The number of nitrogens with one attached hydrogen (secondary N) is 2. The molecule has 7 atom stereocenters. The molecule has 2 aromatic heterocycles. The molecular formula is C27H46N7O17P3S. The summed E-state index contributed by atoms with van der Waals surface area (Å²) >= 11 is 1.12. The van der Waals surface area contributed by atoms with Gasteiger partial charge in [-0.1, -0.05) is 45.4 Å². The summed E-state index contributed by atoms with van der Waals surface area (Å²) in [6.07, 6.45) is -3.63. The van der Waals surface area contributed by atoms with Crippen LogP contribution >= 0.6 is 35.2 Å². The molecule has 312 valence electrons. The number of aromatic nitrogens is 4. The van der Waals surface area contributed by atoms with E-state index in [2.05, 4.69) is 34.4 Å². The number of ether oxygens (including phenoxy) is 1. The quantitative estimate of drug-likeness (QED) is 0.0534. The normalized spacial score (nSPS) is 21.8. The van der Waals surface area contributed by atoms with E-state index in [1.165, 1.54) is 13.8 Å². The number of phosphoric ester groups is 3. The highest BCUT2D eigenvalue weighted by molar-refractivity contribution is 8.13. The molecule has 2 amide bonds. The number of fused-ring (bicyclic) bond motifs is 1. The number of nitrogens with zero attached hydrogens (tertiary/aromatic N) is 4. The van der Waals surface area contributed by atoms with Gasteiger partial charge in [-0.3, -0.25) is 32.5 Å². The van der Waals surface area contributed by atoms with Crippen LogP contribution in [-0.2, 0) is 50.7 Å². The third kappa shape index (κ3) is 14.8. The fourth-order valence-corrected chi connectivity index (χ4v) is 8.44. The number of hydrogen-bond acceptors (Lipinski definition) is 18. The van der Waals surface area contributed by atoms with E-state index in [1.807, 2.05) is 6.92 Å². The molecule has 3 rings (SSSR count). The molecule has 24 nitrogen and oxygen atoms in total. The zero-order chi connectivity index (χ0) is 41.2. The lowest BCUT2D eigenvalue weighted by Crippen LogP contribution is -2.46. The Bertz CT molecular complexity index is 1780. The van der Waals surface area contributed by atoms with Crippen LogP contribution in [0.4, 0.5) is 5.82 Å². The molecule has 10 N–H and O–H groups in total. The van der Waals surface area contributed by atoms with Crippen LogP contribution < -0.4 is 16.4 Å². The van der Waals surface area contributed by atoms with Gasteiger partial charge in [0.05, 0.1) is 19.5 Å². The molecule has 1 aliphatic heterocycles. The Morgan fingerprint density at radius 2 is 1.73 bits per heavy atom. The van der Waals surface area contributed by atoms with Crippen LogP contribution in [0, 0.1) is 5.41 Å². The van der Waals surface area contributed by atoms with Crippen molar-refractivity contribution >= 4 is 69.1 Å². The molecule has 2 aromatic rings. The zero-order valence-corrected chi connectivity index (χ0v) is 33.4. The number of carbonyl (C=O) groups excluding carboxylic acids is 3. The SMILES string of the molecule is CCCCCC(=O)SCCNC(=O)CCNC(=O)[C@H](O)C(C)(C)COP(=O)(O)OP(=O)(O)OC[C@H]1O[C@@H](n2cnc3c(N)ncnc32)[C@H](O)[C@@H]1OP(=O)(O)O. The maximum Gasteiger partial charge on any atom is 0.481 e. The molecule has 3 heterocycles. The van der Waals surface area contributed by atoms with Crippen molar-refractivity contribution in [3.63, 3.8) is 0 Å². The van der Waals surface area contributed by atoms with E-state index >= 15 is 0 Å². The Labute approximate surface area is 318 Å². The molecule has 28 heteroatoms. The van der Waals surface area contributed by atoms with Gasteiger partial charge in [0.15, 0.2) is 22.8 Å². The minimum Gasteiger partial charge on any atom is -0.386 e. The predicted molar refractivity (Wildman–Crippen MR) is 191 cm³/mol. The van der Waals surface area contributed by atoms with Crippen molar-refractivity contribution in [2.75, 3.05) is 37.8 Å². The largest absolute Gasteiger partial charge is 0.481 e. The summed E-state index contributed by atoms with van der Waals surface area (Å²) in [4.78, 5) is 87.3. The van der Waals surface area contributed by atoms with E-state index < -0.39 is 84.6 Å². The van der Waals surface area contributed by atoms with E-state index in [4.69, 9.17) is 19.5 Å². The summed E-state index contributed by atoms with van der Waals surface area (Å²) in [7, 11) is -16.4. The number of phosphoric acid groups is 3. The molecule has 1 aliphatic rings. The minimum absolute atomic E-state index is 0.0321. The second-order valence-electron chi connectivity index (χ2n) is 12.7. The van der Waals surface area contributed by atoms with Gasteiger partial charge >= 0.3 is 23.5 Å². The van der Waals surface area contributed by atoms with Crippen LogP contribution in [0.2, 0.25) is 0 Å². The molecule has 0 saturated carbocycles. The number of rotatable bonds is 23. The van der Waals surface area contributed by atoms with Gasteiger partial charge in [0.2, 0.25) is 11.8 Å². The molecule has 0 aliphatic carbocycles. The third-order valence-corrected chi connectivity index (χ3v) is 11.8. The average molecular weight is 866 g/mol. The van der Waals surface area contributed by atoms with Crippen molar-refractivity contribution in [1.82, 2.24) is 30.2 Å². The summed E-state index contributed by atoms with van der Waals surface area (Å²) < 4.78 is 62.1. The van der Waals surface area contributed by atoms with Crippen LogP contribution in [-0.4, -0.2) is 123 Å². The Kier molecular flexibility index (Phi) is 17.3. The van der Waals surface area contributed by atoms with Crippen LogP contribution in [0.5, 0.6) is 0 Å². The first kappa shape index (κ1) is 46.9. The maximum absolute atomic E-state index is 12.7. The standard InChI is InChI=1S/C27H46N7O17P3S/c1-4-5-6-7-18(36)55-11-10-29-17(35)8-9-30-25(39)22(38)27(2,3)13-48-54(45,46)51-53(43,44)47-12-16-21(50-52(40,41)42)20(37)26(49-16)34-15-33-19-23(28)31-14-32-24(19)34/h14-16,20-22,26,37-38H,4-13H2,1-3H3,(H,29,35)(H,30,39)(H,43,44)(H,45,46)(H2,28,31,32)(H2,40,41,42)/t16-,20-,21-,22+,26-/m1/s1. The summed E-state index contributed by atoms with van der Waals surface area (Å²) in [5.74, 6) is -1.04. The average Bonchev–Trinajstić information content (AvgIpc) is 3.64. The predicted octanol–water partition coefficient (Wildman–Crippen LogP) is 0.245. The molecular weight excluding hydrogens is 819 g/mol. The number of nitrogen functional groups attached to an aromatic ring is 1. The van der Waals surface area contributed by atoms with Crippen LogP contribution in [0.25, 0.3) is 11.2 Å². The van der Waals surface area contributed by atoms with Gasteiger partial charge in [-0.25, -0.2) is 28.6 Å². The molecule has 0 radical (unpaired) electrons. The molecule has 55 heavy (non-hydrogen) atoms. The number of imidazole rings is 1. The highest BCUT2D eigenvalue weighted by Gasteiger charge is 2.50. The molecule has 0 bridgehead atoms. The van der Waals surface area contributed by atoms with Gasteiger partial charge in [-0.2, -0.15) is 4.31 Å². The molecule has 2 unspecified atom stereocenters. The second-order valence-corrected chi connectivity index (χ2v) is 18.1. The van der Waals surface area contributed by atoms with Gasteiger partial charge in [-0.05, 0) is 6.42 Å². The number of unbranched alkanes of at least 4 members (excludes halogenated alkanes) is 2. The Hall–Kier alpha value is -2.44. The van der Waals surface area contributed by atoms with Crippen LogP contribution in [0.3, 0.4) is 0 Å². The number of amides is 2. The number of aliphatic hydroxyl groups excluding tert-OH is 2. The topological polar surface area (TPSA) is 364 Å². The van der Waals surface area contributed by atoms with E-state index in [-0.39, 0.29) is 41.6 Å². The Morgan fingerprint density at radius 1 is 1.04 bits per heavy atom. The summed E-state index contributed by atoms with van der Waals surface area (Å²) in [5, 5.41) is 26.4. The van der Waals surface area contributed by atoms with Crippen molar-refractivity contribution in [2.45, 2.75) is 83.5 Å². The van der Waals surface area contributed by atoms with E-state index in [9.17, 15) is 57.9 Å². The second kappa shape index (κ2) is 20.3. The fourth-order valence-electron chi connectivity index (χ4n) is 4.89. The monoisotopic (exact) mass is 865 g/mol. The first-order valence-electron chi connectivity index (χ1n) is 16.6. The number of anilines is 1. The number of carbonyl (C=O) groups is 3. The van der Waals surface area contributed by atoms with Crippen LogP contribution in [0.1, 0.15) is 59.1 Å². The van der Waals surface area contributed by atoms with Gasteiger partial charge in [0, 0.05) is 37.1 Å². The van der Waals surface area contributed by atoms with Gasteiger partial charge in [0.25, 0.3) is 0 Å². The summed E-state index contributed by atoms with van der Waals surface area (Å²) in [5.41, 5.74) is 4.27. The molecule has 1 fully saturated rings. The molecule has 0 aromatic carbocycles.